The third-order valence-corrected chi connectivity index (χ3v) is 3.87. The fourth-order valence-electron chi connectivity index (χ4n) is 2.83. The van der Waals surface area contributed by atoms with E-state index in [9.17, 15) is 0 Å². The van der Waals surface area contributed by atoms with Crippen LogP contribution < -0.4 is 0 Å². The van der Waals surface area contributed by atoms with Crippen molar-refractivity contribution in [2.75, 3.05) is 0 Å². The lowest BCUT2D eigenvalue weighted by Gasteiger charge is -2.01. The van der Waals surface area contributed by atoms with E-state index >= 15 is 0 Å². The lowest BCUT2D eigenvalue weighted by Crippen LogP contribution is -1.88. The lowest BCUT2D eigenvalue weighted by molar-refractivity contribution is 1.16. The standard InChI is InChI=1S/C20H16N2/c1-15-8-7-11-17(14-15)20-21-19(16-9-3-2-4-10-16)18-12-5-6-13-22(18)20/h2-14H,1H3. The Kier molecular flexibility index (Phi) is 3.01. The van der Waals surface area contributed by atoms with E-state index in [1.54, 1.807) is 0 Å². The first-order valence-electron chi connectivity index (χ1n) is 7.42. The van der Waals surface area contributed by atoms with E-state index in [0.29, 0.717) is 0 Å². The second kappa shape index (κ2) is 5.15. The van der Waals surface area contributed by atoms with Gasteiger partial charge in [-0.1, -0.05) is 60.2 Å². The highest BCUT2D eigenvalue weighted by molar-refractivity contribution is 5.81. The molecule has 2 nitrogen and oxygen atoms in total. The minimum absolute atomic E-state index is 0.984. The first kappa shape index (κ1) is 12.8. The third-order valence-electron chi connectivity index (χ3n) is 3.87. The maximum absolute atomic E-state index is 4.93. The molecule has 0 aliphatic carbocycles. The maximum atomic E-state index is 4.93. The van der Waals surface area contributed by atoms with Crippen molar-refractivity contribution in [3.63, 3.8) is 0 Å². The quantitative estimate of drug-likeness (QED) is 0.507. The second-order valence-corrected chi connectivity index (χ2v) is 5.48. The first-order valence-corrected chi connectivity index (χ1v) is 7.42. The molecule has 0 N–H and O–H groups in total. The molecule has 0 amide bonds. The van der Waals surface area contributed by atoms with Crippen molar-refractivity contribution in [3.05, 3.63) is 84.6 Å². The van der Waals surface area contributed by atoms with Crippen molar-refractivity contribution in [2.45, 2.75) is 6.92 Å². The molecule has 2 heterocycles. The van der Waals surface area contributed by atoms with Gasteiger partial charge in [0.1, 0.15) is 5.82 Å². The highest BCUT2D eigenvalue weighted by Crippen LogP contribution is 2.29. The lowest BCUT2D eigenvalue weighted by atomic mass is 10.1. The molecule has 0 saturated carbocycles. The molecule has 22 heavy (non-hydrogen) atoms. The molecule has 4 rings (SSSR count). The number of hydrogen-bond donors (Lipinski definition) is 0. The fourth-order valence-corrected chi connectivity index (χ4v) is 2.83. The smallest absolute Gasteiger partial charge is 0.145 e. The van der Waals surface area contributed by atoms with Gasteiger partial charge in [-0.3, -0.25) is 4.40 Å². The zero-order valence-electron chi connectivity index (χ0n) is 12.4. The molecule has 0 atom stereocenters. The van der Waals surface area contributed by atoms with E-state index in [1.165, 1.54) is 5.56 Å². The zero-order chi connectivity index (χ0) is 14.9. The molecule has 2 aromatic heterocycles. The van der Waals surface area contributed by atoms with Crippen LogP contribution in [0.3, 0.4) is 0 Å². The minimum atomic E-state index is 0.984. The van der Waals surface area contributed by atoms with Crippen molar-refractivity contribution >= 4 is 5.52 Å². The van der Waals surface area contributed by atoms with Gasteiger partial charge >= 0.3 is 0 Å². The van der Waals surface area contributed by atoms with Gasteiger partial charge in [0.25, 0.3) is 0 Å². The maximum Gasteiger partial charge on any atom is 0.145 e. The summed E-state index contributed by atoms with van der Waals surface area (Å²) in [4.78, 5) is 4.93. The molecule has 0 aliphatic rings. The summed E-state index contributed by atoms with van der Waals surface area (Å²) in [7, 11) is 0. The van der Waals surface area contributed by atoms with Crippen molar-refractivity contribution in [1.29, 1.82) is 0 Å². The van der Waals surface area contributed by atoms with Crippen LogP contribution in [0.2, 0.25) is 0 Å². The number of pyridine rings is 1. The monoisotopic (exact) mass is 284 g/mol. The highest BCUT2D eigenvalue weighted by atomic mass is 15.0. The van der Waals surface area contributed by atoms with Crippen molar-refractivity contribution in [2.24, 2.45) is 0 Å². The summed E-state index contributed by atoms with van der Waals surface area (Å²) in [5, 5.41) is 0. The van der Waals surface area contributed by atoms with Gasteiger partial charge in [0.15, 0.2) is 0 Å². The van der Waals surface area contributed by atoms with E-state index in [1.807, 2.05) is 12.1 Å². The van der Waals surface area contributed by atoms with Crippen LogP contribution in [-0.4, -0.2) is 9.38 Å². The van der Waals surface area contributed by atoms with Crippen molar-refractivity contribution < 1.29 is 0 Å². The van der Waals surface area contributed by atoms with Gasteiger partial charge in [-0.05, 0) is 25.1 Å². The zero-order valence-corrected chi connectivity index (χ0v) is 12.4. The fraction of sp³-hybridized carbons (Fsp3) is 0.0500. The van der Waals surface area contributed by atoms with Crippen molar-refractivity contribution in [3.8, 4) is 22.6 Å². The van der Waals surface area contributed by atoms with Gasteiger partial charge in [0.2, 0.25) is 0 Å². The molecule has 0 unspecified atom stereocenters. The van der Waals surface area contributed by atoms with Gasteiger partial charge in [-0.15, -0.1) is 0 Å². The molecule has 2 aromatic carbocycles. The summed E-state index contributed by atoms with van der Waals surface area (Å²) in [6, 6.07) is 25.1. The van der Waals surface area contributed by atoms with E-state index in [-0.39, 0.29) is 0 Å². The number of aromatic nitrogens is 2. The molecule has 0 fully saturated rings. The van der Waals surface area contributed by atoms with Crippen LogP contribution in [-0.2, 0) is 0 Å². The molecule has 0 aliphatic heterocycles. The van der Waals surface area contributed by atoms with Gasteiger partial charge in [-0.2, -0.15) is 0 Å². The Bertz CT molecular complexity index is 936. The SMILES string of the molecule is Cc1cccc(-c2nc(-c3ccccc3)c3ccccn23)c1. The number of imidazole rings is 1. The normalized spacial score (nSPS) is 11.0. The summed E-state index contributed by atoms with van der Waals surface area (Å²) in [5.41, 5.74) is 5.68. The molecule has 0 radical (unpaired) electrons. The summed E-state index contributed by atoms with van der Waals surface area (Å²) in [6.45, 7) is 2.11. The van der Waals surface area contributed by atoms with Crippen LogP contribution >= 0.6 is 0 Å². The molecular weight excluding hydrogens is 268 g/mol. The van der Waals surface area contributed by atoms with Crippen LogP contribution in [0.5, 0.6) is 0 Å². The van der Waals surface area contributed by atoms with Crippen molar-refractivity contribution in [1.82, 2.24) is 9.38 Å². The Labute approximate surface area is 129 Å². The van der Waals surface area contributed by atoms with Crippen LogP contribution in [0.25, 0.3) is 28.2 Å². The van der Waals surface area contributed by atoms with Crippen LogP contribution in [0.15, 0.2) is 79.0 Å². The molecule has 0 saturated heterocycles. The Balaban J connectivity index is 2.01. The number of aryl methyl sites for hydroxylation is 1. The summed E-state index contributed by atoms with van der Waals surface area (Å²) in [6.07, 6.45) is 2.08. The van der Waals surface area contributed by atoms with E-state index in [0.717, 1.165) is 28.2 Å². The minimum Gasteiger partial charge on any atom is -0.299 e. The van der Waals surface area contributed by atoms with Crippen LogP contribution in [0.1, 0.15) is 5.56 Å². The number of fused-ring (bicyclic) bond motifs is 1. The summed E-state index contributed by atoms with van der Waals surface area (Å²) >= 11 is 0. The average molecular weight is 284 g/mol. The van der Waals surface area contributed by atoms with E-state index < -0.39 is 0 Å². The molecule has 0 spiro atoms. The Hall–Kier alpha value is -2.87. The second-order valence-electron chi connectivity index (χ2n) is 5.48. The summed E-state index contributed by atoms with van der Waals surface area (Å²) < 4.78 is 2.16. The first-order chi connectivity index (χ1) is 10.8. The van der Waals surface area contributed by atoms with Gasteiger partial charge in [-0.25, -0.2) is 4.98 Å². The molecular formula is C20H16N2. The summed E-state index contributed by atoms with van der Waals surface area (Å²) in [5.74, 6) is 0.984. The third kappa shape index (κ3) is 2.09. The predicted molar refractivity (Wildman–Crippen MR) is 90.8 cm³/mol. The largest absolute Gasteiger partial charge is 0.299 e. The molecule has 2 heteroatoms. The number of rotatable bonds is 2. The number of benzene rings is 2. The molecule has 106 valence electrons. The Morgan fingerprint density at radius 2 is 1.55 bits per heavy atom. The number of nitrogens with zero attached hydrogens (tertiary/aromatic N) is 2. The van der Waals surface area contributed by atoms with Gasteiger partial charge < -0.3 is 0 Å². The van der Waals surface area contributed by atoms with Gasteiger partial charge in [0, 0.05) is 17.3 Å². The Morgan fingerprint density at radius 3 is 2.36 bits per heavy atom. The predicted octanol–water partition coefficient (Wildman–Crippen LogP) is 4.98. The molecule has 0 bridgehead atoms. The number of hydrogen-bond acceptors (Lipinski definition) is 1. The van der Waals surface area contributed by atoms with Gasteiger partial charge in [0.05, 0.1) is 11.2 Å². The van der Waals surface area contributed by atoms with E-state index in [4.69, 9.17) is 4.98 Å². The Morgan fingerprint density at radius 1 is 0.773 bits per heavy atom. The average Bonchev–Trinajstić information content (AvgIpc) is 2.95. The highest BCUT2D eigenvalue weighted by Gasteiger charge is 2.13. The van der Waals surface area contributed by atoms with Crippen LogP contribution in [0, 0.1) is 6.92 Å². The molecule has 4 aromatic rings. The van der Waals surface area contributed by atoms with Crippen LogP contribution in [0.4, 0.5) is 0 Å². The van der Waals surface area contributed by atoms with E-state index in [2.05, 4.69) is 78.2 Å². The topological polar surface area (TPSA) is 17.3 Å².